The number of nitrogens with one attached hydrogen (secondary N) is 1. The van der Waals surface area contributed by atoms with Gasteiger partial charge in [0.05, 0.1) is 24.7 Å². The van der Waals surface area contributed by atoms with Gasteiger partial charge in [0.15, 0.2) is 5.96 Å². The zero-order chi connectivity index (χ0) is 19.2. The minimum Gasteiger partial charge on any atom is -0.370 e. The standard InChI is InChI=1S/C21H30N4OS/c1-15(2)11-20-23-12-17(27-20)13-24-21(22-4)25-9-10-26-19(14-25)18-8-6-5-7-16(18)3/h5-8,12,15,19H,9-11,13-14H2,1-4H3,(H,22,24). The van der Waals surface area contributed by atoms with E-state index in [0.29, 0.717) is 12.5 Å². The van der Waals surface area contributed by atoms with Crippen LogP contribution in [0.3, 0.4) is 0 Å². The van der Waals surface area contributed by atoms with E-state index in [-0.39, 0.29) is 6.10 Å². The lowest BCUT2D eigenvalue weighted by atomic mass is 10.0. The summed E-state index contributed by atoms with van der Waals surface area (Å²) in [4.78, 5) is 12.6. The van der Waals surface area contributed by atoms with Crippen LogP contribution >= 0.6 is 11.3 Å². The summed E-state index contributed by atoms with van der Waals surface area (Å²) in [6.07, 6.45) is 3.11. The third-order valence-electron chi connectivity index (χ3n) is 4.72. The van der Waals surface area contributed by atoms with Gasteiger partial charge in [-0.25, -0.2) is 4.98 Å². The number of morpholine rings is 1. The molecule has 2 heterocycles. The number of aliphatic imine (C=N–C) groups is 1. The van der Waals surface area contributed by atoms with Crippen LogP contribution in [0.5, 0.6) is 0 Å². The molecular formula is C21H30N4OS. The fraction of sp³-hybridized carbons (Fsp3) is 0.524. The van der Waals surface area contributed by atoms with E-state index < -0.39 is 0 Å². The van der Waals surface area contributed by atoms with Crippen molar-refractivity contribution in [2.45, 2.75) is 39.8 Å². The van der Waals surface area contributed by atoms with Gasteiger partial charge in [-0.1, -0.05) is 38.1 Å². The lowest BCUT2D eigenvalue weighted by Gasteiger charge is -2.35. The number of thiazole rings is 1. The molecule has 1 aromatic carbocycles. The monoisotopic (exact) mass is 386 g/mol. The highest BCUT2D eigenvalue weighted by atomic mass is 32.1. The van der Waals surface area contributed by atoms with E-state index in [1.165, 1.54) is 21.0 Å². The summed E-state index contributed by atoms with van der Waals surface area (Å²) < 4.78 is 6.04. The Morgan fingerprint density at radius 1 is 1.41 bits per heavy atom. The van der Waals surface area contributed by atoms with Crippen LogP contribution in [0.2, 0.25) is 0 Å². The summed E-state index contributed by atoms with van der Waals surface area (Å²) >= 11 is 1.79. The molecule has 0 amide bonds. The first-order chi connectivity index (χ1) is 13.1. The van der Waals surface area contributed by atoms with Crippen LogP contribution in [-0.4, -0.2) is 42.6 Å². The van der Waals surface area contributed by atoms with Gasteiger partial charge in [-0.2, -0.15) is 0 Å². The molecule has 1 atom stereocenters. The molecule has 0 spiro atoms. The molecule has 6 heteroatoms. The van der Waals surface area contributed by atoms with Crippen molar-refractivity contribution < 1.29 is 4.74 Å². The number of aromatic nitrogens is 1. The van der Waals surface area contributed by atoms with Crippen LogP contribution in [0.1, 0.15) is 41.0 Å². The highest BCUT2D eigenvalue weighted by Crippen LogP contribution is 2.25. The van der Waals surface area contributed by atoms with Crippen molar-refractivity contribution in [3.63, 3.8) is 0 Å². The Labute approximate surface area is 166 Å². The van der Waals surface area contributed by atoms with Crippen molar-refractivity contribution in [3.05, 3.63) is 51.5 Å². The molecule has 3 rings (SSSR count). The number of guanidine groups is 1. The van der Waals surface area contributed by atoms with E-state index in [2.05, 4.69) is 65.2 Å². The molecule has 1 aliphatic heterocycles. The van der Waals surface area contributed by atoms with E-state index in [1.807, 2.05) is 13.2 Å². The largest absolute Gasteiger partial charge is 0.370 e. The normalized spacial score (nSPS) is 18.2. The summed E-state index contributed by atoms with van der Waals surface area (Å²) in [5.41, 5.74) is 2.54. The predicted molar refractivity (Wildman–Crippen MR) is 112 cm³/mol. The molecule has 1 aromatic heterocycles. The third-order valence-corrected chi connectivity index (χ3v) is 5.74. The number of rotatable bonds is 5. The van der Waals surface area contributed by atoms with Crippen molar-refractivity contribution in [2.75, 3.05) is 26.7 Å². The van der Waals surface area contributed by atoms with Crippen LogP contribution in [-0.2, 0) is 17.7 Å². The highest BCUT2D eigenvalue weighted by Gasteiger charge is 2.25. The number of hydrogen-bond donors (Lipinski definition) is 1. The van der Waals surface area contributed by atoms with Crippen molar-refractivity contribution in [2.24, 2.45) is 10.9 Å². The summed E-state index contributed by atoms with van der Waals surface area (Å²) in [5, 5.41) is 4.71. The van der Waals surface area contributed by atoms with Gasteiger partial charge < -0.3 is 15.0 Å². The topological polar surface area (TPSA) is 49.8 Å². The van der Waals surface area contributed by atoms with E-state index >= 15 is 0 Å². The first-order valence-corrected chi connectivity index (χ1v) is 10.4. The molecule has 1 N–H and O–H groups in total. The molecule has 1 saturated heterocycles. The van der Waals surface area contributed by atoms with E-state index in [1.54, 1.807) is 11.3 Å². The van der Waals surface area contributed by atoms with Gasteiger partial charge in [0, 0.05) is 31.1 Å². The predicted octanol–water partition coefficient (Wildman–Crippen LogP) is 3.80. The first kappa shape index (κ1) is 19.8. The number of aryl methyl sites for hydroxylation is 1. The summed E-state index contributed by atoms with van der Waals surface area (Å²) in [5.74, 6) is 1.56. The Hall–Kier alpha value is -1.92. The zero-order valence-corrected chi connectivity index (χ0v) is 17.6. The minimum absolute atomic E-state index is 0.0829. The Kier molecular flexibility index (Phi) is 6.85. The molecule has 1 fully saturated rings. The van der Waals surface area contributed by atoms with Crippen LogP contribution in [0.25, 0.3) is 0 Å². The molecule has 1 aliphatic rings. The molecular weight excluding hydrogens is 356 g/mol. The molecule has 0 bridgehead atoms. The minimum atomic E-state index is 0.0829. The van der Waals surface area contributed by atoms with Crippen LogP contribution in [0, 0.1) is 12.8 Å². The molecule has 0 radical (unpaired) electrons. The fourth-order valence-electron chi connectivity index (χ4n) is 3.35. The van der Waals surface area contributed by atoms with Gasteiger partial charge >= 0.3 is 0 Å². The highest BCUT2D eigenvalue weighted by molar-refractivity contribution is 7.11. The average molecular weight is 387 g/mol. The van der Waals surface area contributed by atoms with Crippen LogP contribution in [0.4, 0.5) is 0 Å². The molecule has 0 aliphatic carbocycles. The second kappa shape index (κ2) is 9.33. The van der Waals surface area contributed by atoms with Gasteiger partial charge in [-0.15, -0.1) is 11.3 Å². The Bertz CT molecular complexity index is 771. The van der Waals surface area contributed by atoms with Gasteiger partial charge in [0.2, 0.25) is 0 Å². The molecule has 27 heavy (non-hydrogen) atoms. The number of hydrogen-bond acceptors (Lipinski definition) is 4. The maximum atomic E-state index is 6.04. The lowest BCUT2D eigenvalue weighted by molar-refractivity contribution is -0.00833. The fourth-order valence-corrected chi connectivity index (χ4v) is 4.42. The van der Waals surface area contributed by atoms with Gasteiger partial charge in [0.1, 0.15) is 6.10 Å². The summed E-state index contributed by atoms with van der Waals surface area (Å²) in [7, 11) is 1.84. The van der Waals surface area contributed by atoms with Crippen LogP contribution < -0.4 is 5.32 Å². The van der Waals surface area contributed by atoms with E-state index in [4.69, 9.17) is 4.74 Å². The second-order valence-electron chi connectivity index (χ2n) is 7.38. The SMILES string of the molecule is CN=C(NCc1cnc(CC(C)C)s1)N1CCOC(c2ccccc2C)C1. The van der Waals surface area contributed by atoms with Crippen LogP contribution in [0.15, 0.2) is 35.5 Å². The first-order valence-electron chi connectivity index (χ1n) is 9.63. The number of benzene rings is 1. The van der Waals surface area contributed by atoms with Crippen molar-refractivity contribution >= 4 is 17.3 Å². The number of ether oxygens (including phenoxy) is 1. The molecule has 1 unspecified atom stereocenters. The second-order valence-corrected chi connectivity index (χ2v) is 8.58. The number of nitrogens with zero attached hydrogens (tertiary/aromatic N) is 3. The Morgan fingerprint density at radius 2 is 2.22 bits per heavy atom. The Morgan fingerprint density at radius 3 is 2.96 bits per heavy atom. The van der Waals surface area contributed by atoms with Gasteiger partial charge in [-0.05, 0) is 24.0 Å². The maximum Gasteiger partial charge on any atom is 0.194 e. The summed E-state index contributed by atoms with van der Waals surface area (Å²) in [6, 6.07) is 8.45. The molecule has 146 valence electrons. The quantitative estimate of drug-likeness (QED) is 0.627. The van der Waals surface area contributed by atoms with Gasteiger partial charge in [0.25, 0.3) is 0 Å². The van der Waals surface area contributed by atoms with Gasteiger partial charge in [-0.3, -0.25) is 4.99 Å². The van der Waals surface area contributed by atoms with E-state index in [0.717, 1.165) is 32.0 Å². The summed E-state index contributed by atoms with van der Waals surface area (Å²) in [6.45, 7) is 9.72. The Balaban J connectivity index is 1.60. The maximum absolute atomic E-state index is 6.04. The van der Waals surface area contributed by atoms with Crippen molar-refractivity contribution in [1.82, 2.24) is 15.2 Å². The smallest absolute Gasteiger partial charge is 0.194 e. The van der Waals surface area contributed by atoms with Crippen molar-refractivity contribution in [3.8, 4) is 0 Å². The lowest BCUT2D eigenvalue weighted by Crippen LogP contribution is -2.48. The molecule has 2 aromatic rings. The zero-order valence-electron chi connectivity index (χ0n) is 16.7. The van der Waals surface area contributed by atoms with E-state index in [9.17, 15) is 0 Å². The third kappa shape index (κ3) is 5.30. The molecule has 5 nitrogen and oxygen atoms in total. The van der Waals surface area contributed by atoms with Crippen molar-refractivity contribution in [1.29, 1.82) is 0 Å². The molecule has 0 saturated carbocycles. The average Bonchev–Trinajstić information content (AvgIpc) is 3.09.